The fraction of sp³-hybridized carbons (Fsp3) is 0.636. The van der Waals surface area contributed by atoms with E-state index >= 15 is 0 Å². The molecule has 4 atom stereocenters. The largest absolute Gasteiger partial charge is 0.494 e. The lowest BCUT2D eigenvalue weighted by Gasteiger charge is -2.42. The van der Waals surface area contributed by atoms with Gasteiger partial charge >= 0.3 is 0 Å². The smallest absolute Gasteiger partial charge is 0.165 e. The third-order valence-corrected chi connectivity index (χ3v) is 6.16. The monoisotopic (exact) mass is 330 g/mol. The zero-order chi connectivity index (χ0) is 16.9. The minimum Gasteiger partial charge on any atom is -0.494 e. The molecule has 2 aliphatic rings. The Labute approximate surface area is 146 Å². The highest BCUT2D eigenvalue weighted by atomic mass is 19.1. The fourth-order valence-electron chi connectivity index (χ4n) is 4.79. The molecule has 0 radical (unpaired) electrons. The van der Waals surface area contributed by atoms with Crippen molar-refractivity contribution in [3.8, 4) is 5.75 Å². The van der Waals surface area contributed by atoms with Crippen LogP contribution in [0.25, 0.3) is 0 Å². The molecule has 132 valence electrons. The normalized spacial score (nSPS) is 30.3. The van der Waals surface area contributed by atoms with Crippen molar-refractivity contribution in [2.24, 2.45) is 17.8 Å². The van der Waals surface area contributed by atoms with Gasteiger partial charge in [-0.1, -0.05) is 31.6 Å². The Morgan fingerprint density at radius 2 is 1.92 bits per heavy atom. The summed E-state index contributed by atoms with van der Waals surface area (Å²) in [6.07, 6.45) is 15.1. The lowest BCUT2D eigenvalue weighted by atomic mass is 9.64. The van der Waals surface area contributed by atoms with Gasteiger partial charge in [0.05, 0.1) is 7.11 Å². The first-order valence-electron chi connectivity index (χ1n) is 9.71. The van der Waals surface area contributed by atoms with Gasteiger partial charge in [-0.2, -0.15) is 0 Å². The van der Waals surface area contributed by atoms with E-state index < -0.39 is 0 Å². The highest BCUT2D eigenvalue weighted by Gasteiger charge is 2.35. The second-order valence-corrected chi connectivity index (χ2v) is 7.71. The van der Waals surface area contributed by atoms with Gasteiger partial charge in [-0.25, -0.2) is 4.39 Å². The molecular weight excluding hydrogens is 299 g/mol. The van der Waals surface area contributed by atoms with E-state index in [1.54, 1.807) is 12.1 Å². The molecule has 0 bridgehead atoms. The van der Waals surface area contributed by atoms with Crippen LogP contribution in [-0.4, -0.2) is 7.11 Å². The van der Waals surface area contributed by atoms with E-state index in [-0.39, 0.29) is 5.82 Å². The first-order chi connectivity index (χ1) is 11.7. The van der Waals surface area contributed by atoms with Crippen molar-refractivity contribution in [2.75, 3.05) is 7.11 Å². The molecule has 2 fully saturated rings. The predicted molar refractivity (Wildman–Crippen MR) is 97.9 cm³/mol. The Kier molecular flexibility index (Phi) is 5.97. The standard InChI is InChI=1S/C22H31FO/c1-3-4-5-6-16-7-8-18-14-19(10-9-17(18)13-16)20-11-12-22(24-2)21(23)15-20/h5-6,11-12,15-19H,3-4,7-10,13-14H2,1-2H3/t16-,17-,18-,19?/m1/s1. The van der Waals surface area contributed by atoms with E-state index in [2.05, 4.69) is 25.1 Å². The van der Waals surface area contributed by atoms with Crippen molar-refractivity contribution >= 4 is 0 Å². The van der Waals surface area contributed by atoms with Crippen LogP contribution in [0, 0.1) is 23.6 Å². The van der Waals surface area contributed by atoms with Crippen LogP contribution in [0.4, 0.5) is 4.39 Å². The van der Waals surface area contributed by atoms with Gasteiger partial charge in [0.25, 0.3) is 0 Å². The number of fused-ring (bicyclic) bond motifs is 1. The number of hydrogen-bond donors (Lipinski definition) is 0. The summed E-state index contributed by atoms with van der Waals surface area (Å²) in [6.45, 7) is 2.24. The number of benzene rings is 1. The number of allylic oxidation sites excluding steroid dienone is 2. The molecule has 24 heavy (non-hydrogen) atoms. The third kappa shape index (κ3) is 4.02. The molecule has 0 spiro atoms. The highest BCUT2D eigenvalue weighted by molar-refractivity contribution is 5.31. The Balaban J connectivity index is 1.59. The van der Waals surface area contributed by atoms with E-state index in [0.29, 0.717) is 11.7 Å². The second-order valence-electron chi connectivity index (χ2n) is 7.71. The van der Waals surface area contributed by atoms with E-state index in [1.807, 2.05) is 0 Å². The van der Waals surface area contributed by atoms with E-state index in [1.165, 1.54) is 58.5 Å². The summed E-state index contributed by atoms with van der Waals surface area (Å²) < 4.78 is 19.0. The second kappa shape index (κ2) is 8.18. The number of halogens is 1. The lowest BCUT2D eigenvalue weighted by molar-refractivity contribution is 0.133. The van der Waals surface area contributed by atoms with E-state index in [9.17, 15) is 4.39 Å². The molecule has 2 saturated carbocycles. The summed E-state index contributed by atoms with van der Waals surface area (Å²) in [5, 5.41) is 0. The Bertz CT molecular complexity index is 565. The summed E-state index contributed by atoms with van der Waals surface area (Å²) in [4.78, 5) is 0. The number of hydrogen-bond acceptors (Lipinski definition) is 1. The van der Waals surface area contributed by atoms with Crippen LogP contribution in [0.15, 0.2) is 30.4 Å². The number of methoxy groups -OCH3 is 1. The molecule has 3 rings (SSSR count). The van der Waals surface area contributed by atoms with Crippen LogP contribution >= 0.6 is 0 Å². The number of rotatable bonds is 5. The van der Waals surface area contributed by atoms with Gasteiger partial charge in [0, 0.05) is 0 Å². The van der Waals surface area contributed by atoms with Crippen LogP contribution in [0.3, 0.4) is 0 Å². The topological polar surface area (TPSA) is 9.23 Å². The van der Waals surface area contributed by atoms with E-state index in [0.717, 1.165) is 23.3 Å². The van der Waals surface area contributed by atoms with Gasteiger partial charge in [0.2, 0.25) is 0 Å². The minimum atomic E-state index is -0.220. The Morgan fingerprint density at radius 3 is 2.67 bits per heavy atom. The maximum absolute atomic E-state index is 14.0. The van der Waals surface area contributed by atoms with Gasteiger partial charge in [0.1, 0.15) is 0 Å². The first-order valence-corrected chi connectivity index (χ1v) is 9.71. The predicted octanol–water partition coefficient (Wildman–Crippen LogP) is 6.49. The SMILES string of the molecule is CCCC=C[C@@H]1CC[C@@H]2CC(c3ccc(OC)c(F)c3)CC[C@@H]2C1. The molecule has 0 aromatic heterocycles. The van der Waals surface area contributed by atoms with Crippen LogP contribution in [0.5, 0.6) is 5.75 Å². The zero-order valence-electron chi connectivity index (χ0n) is 15.1. The van der Waals surface area contributed by atoms with Gasteiger partial charge < -0.3 is 4.74 Å². The van der Waals surface area contributed by atoms with Crippen molar-refractivity contribution in [3.63, 3.8) is 0 Å². The number of unbranched alkanes of at least 4 members (excludes halogenated alkanes) is 1. The molecule has 0 saturated heterocycles. The molecule has 2 aliphatic carbocycles. The van der Waals surface area contributed by atoms with Crippen LogP contribution in [0.2, 0.25) is 0 Å². The molecule has 0 amide bonds. The minimum absolute atomic E-state index is 0.220. The van der Waals surface area contributed by atoms with Crippen molar-refractivity contribution in [3.05, 3.63) is 41.7 Å². The molecule has 1 aromatic rings. The van der Waals surface area contributed by atoms with Gasteiger partial charge in [-0.05, 0) is 86.3 Å². The van der Waals surface area contributed by atoms with Gasteiger partial charge in [-0.3, -0.25) is 0 Å². The van der Waals surface area contributed by atoms with Crippen LogP contribution < -0.4 is 4.74 Å². The molecule has 1 aromatic carbocycles. The Hall–Kier alpha value is -1.31. The summed E-state index contributed by atoms with van der Waals surface area (Å²) >= 11 is 0. The molecule has 1 unspecified atom stereocenters. The van der Waals surface area contributed by atoms with Gasteiger partial charge in [-0.15, -0.1) is 0 Å². The van der Waals surface area contributed by atoms with E-state index in [4.69, 9.17) is 4.74 Å². The van der Waals surface area contributed by atoms with Crippen molar-refractivity contribution in [2.45, 2.75) is 64.2 Å². The third-order valence-electron chi connectivity index (χ3n) is 6.16. The summed E-state index contributed by atoms with van der Waals surface area (Å²) in [6, 6.07) is 5.54. The van der Waals surface area contributed by atoms with Crippen LogP contribution in [-0.2, 0) is 0 Å². The molecule has 0 N–H and O–H groups in total. The van der Waals surface area contributed by atoms with Crippen LogP contribution in [0.1, 0.15) is 69.8 Å². The molecular formula is C22H31FO. The average Bonchev–Trinajstić information content (AvgIpc) is 2.61. The summed E-state index contributed by atoms with van der Waals surface area (Å²) in [5.74, 6) is 3.18. The highest BCUT2D eigenvalue weighted by Crippen LogP contribution is 2.48. The maximum atomic E-state index is 14.0. The zero-order valence-corrected chi connectivity index (χ0v) is 15.1. The quantitative estimate of drug-likeness (QED) is 0.561. The lowest BCUT2D eigenvalue weighted by Crippen LogP contribution is -2.30. The summed E-state index contributed by atoms with van der Waals surface area (Å²) in [7, 11) is 1.52. The molecule has 2 heteroatoms. The molecule has 0 heterocycles. The molecule has 1 nitrogen and oxygen atoms in total. The average molecular weight is 330 g/mol. The van der Waals surface area contributed by atoms with Crippen molar-refractivity contribution in [1.29, 1.82) is 0 Å². The van der Waals surface area contributed by atoms with Gasteiger partial charge in [0.15, 0.2) is 11.6 Å². The summed E-state index contributed by atoms with van der Waals surface area (Å²) in [5.41, 5.74) is 1.16. The maximum Gasteiger partial charge on any atom is 0.165 e. The number of ether oxygens (including phenoxy) is 1. The fourth-order valence-corrected chi connectivity index (χ4v) is 4.79. The van der Waals surface area contributed by atoms with Crippen molar-refractivity contribution in [1.82, 2.24) is 0 Å². The van der Waals surface area contributed by atoms with Crippen molar-refractivity contribution < 1.29 is 9.13 Å². The first kappa shape index (κ1) is 17.5. The molecule has 0 aliphatic heterocycles. The Morgan fingerprint density at radius 1 is 1.12 bits per heavy atom.